The lowest BCUT2D eigenvalue weighted by atomic mass is 10.2. The second-order valence-corrected chi connectivity index (χ2v) is 4.16. The van der Waals surface area contributed by atoms with Gasteiger partial charge in [0, 0.05) is 13.0 Å². The van der Waals surface area contributed by atoms with Crippen LogP contribution in [0.4, 0.5) is 0 Å². The summed E-state index contributed by atoms with van der Waals surface area (Å²) in [5.41, 5.74) is 6.59. The molecular weight excluding hydrogens is 216 g/mol. The molecule has 0 aromatic heterocycles. The van der Waals surface area contributed by atoms with Gasteiger partial charge in [0.2, 0.25) is 0 Å². The maximum atomic E-state index is 10.8. The number of rotatable bonds is 7. The number of ether oxygens (including phenoxy) is 1. The first-order chi connectivity index (χ1) is 8.17. The van der Waals surface area contributed by atoms with E-state index in [0.717, 1.165) is 17.6 Å². The van der Waals surface area contributed by atoms with Crippen LogP contribution >= 0.6 is 0 Å². The lowest BCUT2D eigenvalue weighted by molar-refractivity contribution is -0.112. The maximum Gasteiger partial charge on any atom is 0.137 e. The number of hydrogen-bond donors (Lipinski definition) is 1. The average Bonchev–Trinajstić information content (AvgIpc) is 2.34. The minimum Gasteiger partial charge on any atom is -0.494 e. The first-order valence-electron chi connectivity index (χ1n) is 5.71. The van der Waals surface area contributed by atoms with Crippen LogP contribution < -0.4 is 10.5 Å². The molecule has 0 saturated heterocycles. The number of aldehydes is 1. The van der Waals surface area contributed by atoms with E-state index in [1.165, 1.54) is 0 Å². The molecule has 0 bridgehead atoms. The Hall–Kier alpha value is -1.39. The highest BCUT2D eigenvalue weighted by atomic mass is 16.5. The van der Waals surface area contributed by atoms with Crippen molar-refractivity contribution in [3.8, 4) is 5.75 Å². The third-order valence-corrected chi connectivity index (χ3v) is 2.64. The van der Waals surface area contributed by atoms with Gasteiger partial charge in [-0.2, -0.15) is 0 Å². The number of benzene rings is 1. The van der Waals surface area contributed by atoms with Gasteiger partial charge in [-0.05, 0) is 31.8 Å². The molecule has 4 heteroatoms. The van der Waals surface area contributed by atoms with Gasteiger partial charge in [0.05, 0.1) is 12.6 Å². The van der Waals surface area contributed by atoms with Gasteiger partial charge in [-0.1, -0.05) is 12.1 Å². The number of carbonyl (C=O) groups excluding carboxylic acids is 1. The monoisotopic (exact) mass is 236 g/mol. The van der Waals surface area contributed by atoms with E-state index < -0.39 is 0 Å². The molecule has 17 heavy (non-hydrogen) atoms. The van der Waals surface area contributed by atoms with Crippen LogP contribution in [0, 0.1) is 0 Å². The predicted molar refractivity (Wildman–Crippen MR) is 68.0 cm³/mol. The van der Waals surface area contributed by atoms with E-state index in [-0.39, 0.29) is 6.04 Å². The van der Waals surface area contributed by atoms with Crippen molar-refractivity contribution in [1.29, 1.82) is 0 Å². The molecule has 1 atom stereocenters. The van der Waals surface area contributed by atoms with E-state index in [2.05, 4.69) is 0 Å². The summed E-state index contributed by atoms with van der Waals surface area (Å²) in [5.74, 6) is 0.802. The Morgan fingerprint density at radius 1 is 1.47 bits per heavy atom. The van der Waals surface area contributed by atoms with Gasteiger partial charge >= 0.3 is 0 Å². The number of likely N-dealkylation sites (N-methyl/N-ethyl adjacent to an activating group) is 1. The van der Waals surface area contributed by atoms with Gasteiger partial charge < -0.3 is 15.3 Å². The van der Waals surface area contributed by atoms with Crippen LogP contribution in [-0.4, -0.2) is 37.9 Å². The Kier molecular flexibility index (Phi) is 5.66. The van der Waals surface area contributed by atoms with Gasteiger partial charge in [0.15, 0.2) is 0 Å². The zero-order valence-electron chi connectivity index (χ0n) is 10.4. The lowest BCUT2D eigenvalue weighted by Crippen LogP contribution is -2.30. The van der Waals surface area contributed by atoms with Gasteiger partial charge in [0.1, 0.15) is 12.0 Å². The third kappa shape index (κ3) is 4.54. The molecule has 1 unspecified atom stereocenters. The molecule has 1 aromatic carbocycles. The molecule has 0 spiro atoms. The first-order valence-corrected chi connectivity index (χ1v) is 5.71. The zero-order chi connectivity index (χ0) is 12.7. The fraction of sp³-hybridized carbons (Fsp3) is 0.462. The van der Waals surface area contributed by atoms with Crippen molar-refractivity contribution >= 4 is 6.29 Å². The molecular formula is C13H20N2O2. The van der Waals surface area contributed by atoms with E-state index in [1.54, 1.807) is 0 Å². The van der Waals surface area contributed by atoms with E-state index in [4.69, 9.17) is 10.5 Å². The largest absolute Gasteiger partial charge is 0.494 e. The summed E-state index contributed by atoms with van der Waals surface area (Å²) in [7, 11) is 3.77. The molecule has 0 aliphatic rings. The highest BCUT2D eigenvalue weighted by Gasteiger charge is 2.09. The summed E-state index contributed by atoms with van der Waals surface area (Å²) < 4.78 is 5.59. The van der Waals surface area contributed by atoms with Crippen molar-refractivity contribution in [2.24, 2.45) is 5.73 Å². The Morgan fingerprint density at radius 2 is 2.24 bits per heavy atom. The minimum atomic E-state index is -0.0901. The first kappa shape index (κ1) is 13.7. The van der Waals surface area contributed by atoms with Crippen LogP contribution in [0.15, 0.2) is 24.3 Å². The Labute approximate surface area is 102 Å². The topological polar surface area (TPSA) is 55.6 Å². The summed E-state index contributed by atoms with van der Waals surface area (Å²) in [6.07, 6.45) is 1.63. The number of carbonyl (C=O) groups is 1. The summed E-state index contributed by atoms with van der Waals surface area (Å²) in [4.78, 5) is 12.7. The molecule has 0 saturated carbocycles. The highest BCUT2D eigenvalue weighted by Crippen LogP contribution is 2.13. The third-order valence-electron chi connectivity index (χ3n) is 2.64. The van der Waals surface area contributed by atoms with Gasteiger partial charge in [-0.25, -0.2) is 0 Å². The maximum absolute atomic E-state index is 10.8. The fourth-order valence-electron chi connectivity index (χ4n) is 1.51. The average molecular weight is 236 g/mol. The van der Waals surface area contributed by atoms with Gasteiger partial charge in [-0.15, -0.1) is 0 Å². The number of nitrogens with two attached hydrogens (primary N) is 1. The molecule has 2 N–H and O–H groups in total. The molecule has 94 valence electrons. The molecule has 1 rings (SSSR count). The van der Waals surface area contributed by atoms with Crippen molar-refractivity contribution in [1.82, 2.24) is 4.90 Å². The van der Waals surface area contributed by atoms with Crippen LogP contribution in [0.3, 0.4) is 0 Å². The molecule has 0 radical (unpaired) electrons. The van der Waals surface area contributed by atoms with Crippen LogP contribution in [0.2, 0.25) is 0 Å². The van der Waals surface area contributed by atoms with Crippen molar-refractivity contribution in [2.45, 2.75) is 19.0 Å². The van der Waals surface area contributed by atoms with Crippen molar-refractivity contribution in [3.05, 3.63) is 29.8 Å². The number of hydrogen-bond acceptors (Lipinski definition) is 4. The predicted octanol–water partition coefficient (Wildman–Crippen LogP) is 1.04. The smallest absolute Gasteiger partial charge is 0.137 e. The lowest BCUT2D eigenvalue weighted by Gasteiger charge is -2.18. The molecule has 0 aliphatic heterocycles. The van der Waals surface area contributed by atoms with Crippen molar-refractivity contribution < 1.29 is 9.53 Å². The summed E-state index contributed by atoms with van der Waals surface area (Å²) in [5, 5.41) is 0. The second-order valence-electron chi connectivity index (χ2n) is 4.16. The second kappa shape index (κ2) is 7.04. The summed E-state index contributed by atoms with van der Waals surface area (Å²) in [6.45, 7) is 1.03. The van der Waals surface area contributed by atoms with Crippen molar-refractivity contribution in [3.63, 3.8) is 0 Å². The molecule has 0 fully saturated rings. The van der Waals surface area contributed by atoms with E-state index in [1.807, 2.05) is 43.3 Å². The molecule has 4 nitrogen and oxygen atoms in total. The fourth-order valence-corrected chi connectivity index (χ4v) is 1.51. The molecule has 0 amide bonds. The summed E-state index contributed by atoms with van der Waals surface area (Å²) in [6, 6.07) is 7.60. The van der Waals surface area contributed by atoms with E-state index in [9.17, 15) is 4.79 Å². The van der Waals surface area contributed by atoms with Crippen LogP contribution in [0.5, 0.6) is 5.75 Å². The van der Waals surface area contributed by atoms with E-state index >= 15 is 0 Å². The molecule has 0 heterocycles. The van der Waals surface area contributed by atoms with Crippen molar-refractivity contribution in [2.75, 3.05) is 20.7 Å². The standard InChI is InChI=1S/C13H20N2O2/c1-15(2)12(10-16)6-7-17-13-5-3-4-11(8-13)9-14/h3-5,8,10,12H,6-7,9,14H2,1-2H3. The Bertz CT molecular complexity index is 353. The van der Waals surface area contributed by atoms with E-state index in [0.29, 0.717) is 19.6 Å². The van der Waals surface area contributed by atoms with Crippen LogP contribution in [0.1, 0.15) is 12.0 Å². The normalized spacial score (nSPS) is 12.5. The molecule has 0 aliphatic carbocycles. The Morgan fingerprint density at radius 3 is 2.82 bits per heavy atom. The zero-order valence-corrected chi connectivity index (χ0v) is 10.4. The van der Waals surface area contributed by atoms with Gasteiger partial charge in [-0.3, -0.25) is 4.90 Å². The SMILES string of the molecule is CN(C)C(C=O)CCOc1cccc(CN)c1. The minimum absolute atomic E-state index is 0.0901. The highest BCUT2D eigenvalue weighted by molar-refractivity contribution is 5.57. The quantitative estimate of drug-likeness (QED) is 0.719. The summed E-state index contributed by atoms with van der Waals surface area (Å²) >= 11 is 0. The van der Waals surface area contributed by atoms with Crippen LogP contribution in [-0.2, 0) is 11.3 Å². The number of nitrogens with zero attached hydrogens (tertiary/aromatic N) is 1. The van der Waals surface area contributed by atoms with Gasteiger partial charge in [0.25, 0.3) is 0 Å². The Balaban J connectivity index is 2.42. The molecule has 1 aromatic rings. The van der Waals surface area contributed by atoms with Crippen LogP contribution in [0.25, 0.3) is 0 Å².